The van der Waals surface area contributed by atoms with Crippen LogP contribution >= 0.6 is 0 Å². The summed E-state index contributed by atoms with van der Waals surface area (Å²) in [4.78, 5) is 42.1. The first-order valence-corrected chi connectivity index (χ1v) is 12.3. The van der Waals surface area contributed by atoms with Crippen LogP contribution in [-0.2, 0) is 25.7 Å². The van der Waals surface area contributed by atoms with Gasteiger partial charge in [0.1, 0.15) is 11.9 Å². The summed E-state index contributed by atoms with van der Waals surface area (Å²) < 4.78 is 19.2. The summed E-state index contributed by atoms with van der Waals surface area (Å²) in [6, 6.07) is 5.68. The molecule has 7 heteroatoms. The summed E-state index contributed by atoms with van der Waals surface area (Å²) in [5.41, 5.74) is 0.121. The van der Waals surface area contributed by atoms with E-state index in [1.165, 1.54) is 30.2 Å². The highest BCUT2D eigenvalue weighted by atomic mass is 19.1. The molecule has 0 aromatic heterocycles. The van der Waals surface area contributed by atoms with E-state index in [1.54, 1.807) is 30.1 Å². The van der Waals surface area contributed by atoms with E-state index in [0.29, 0.717) is 36.3 Å². The zero-order valence-corrected chi connectivity index (χ0v) is 19.3. The average molecular weight is 457 g/mol. The number of hydrogen-bond donors (Lipinski definition) is 0. The molecule has 4 saturated carbocycles. The van der Waals surface area contributed by atoms with Crippen LogP contribution < -0.4 is 0 Å². The molecule has 1 aliphatic heterocycles. The second-order valence-corrected chi connectivity index (χ2v) is 10.8. The number of amides is 2. The van der Waals surface area contributed by atoms with Crippen LogP contribution in [0.1, 0.15) is 56.9 Å². The van der Waals surface area contributed by atoms with Crippen molar-refractivity contribution in [2.45, 2.75) is 64.0 Å². The third-order valence-corrected chi connectivity index (χ3v) is 8.41. The van der Waals surface area contributed by atoms with Crippen molar-refractivity contribution >= 4 is 17.8 Å². The zero-order chi connectivity index (χ0) is 23.2. The van der Waals surface area contributed by atoms with Gasteiger partial charge in [-0.2, -0.15) is 0 Å². The van der Waals surface area contributed by atoms with Gasteiger partial charge in [0.25, 0.3) is 5.91 Å². The fraction of sp³-hybridized carbons (Fsp3) is 0.654. The van der Waals surface area contributed by atoms with E-state index >= 15 is 0 Å². The van der Waals surface area contributed by atoms with Crippen LogP contribution in [0.3, 0.4) is 0 Å². The lowest BCUT2D eigenvalue weighted by atomic mass is 9.49. The lowest BCUT2D eigenvalue weighted by Gasteiger charge is -2.56. The smallest absolute Gasteiger partial charge is 0.329 e. The Morgan fingerprint density at radius 3 is 2.36 bits per heavy atom. The average Bonchev–Trinajstić information content (AvgIpc) is 3.27. The number of hydrogen-bond acceptors (Lipinski definition) is 4. The third-order valence-electron chi connectivity index (χ3n) is 8.41. The van der Waals surface area contributed by atoms with Crippen molar-refractivity contribution in [1.29, 1.82) is 0 Å². The van der Waals surface area contributed by atoms with Crippen molar-refractivity contribution in [1.82, 2.24) is 9.80 Å². The van der Waals surface area contributed by atoms with Gasteiger partial charge in [-0.25, -0.2) is 9.18 Å². The van der Waals surface area contributed by atoms with Crippen LogP contribution in [0.2, 0.25) is 0 Å². The van der Waals surface area contributed by atoms with Crippen LogP contribution in [0, 0.1) is 29.0 Å². The highest BCUT2D eigenvalue weighted by Crippen LogP contribution is 2.60. The number of rotatable bonds is 6. The van der Waals surface area contributed by atoms with Gasteiger partial charge in [0, 0.05) is 25.7 Å². The molecule has 178 valence electrons. The standard InChI is InChI=1S/C26H33FN2O4/c1-28(15-20-5-2-3-6-21(20)27)23(30)16-33-24(31)22-7-4-8-29(22)25(32)26-12-17-9-18(13-26)11-19(10-17)14-26/h2-3,5-6,17-19,22H,4,7-16H2,1H3. The van der Waals surface area contributed by atoms with Crippen LogP contribution in [0.5, 0.6) is 0 Å². The van der Waals surface area contributed by atoms with Gasteiger partial charge in [-0.3, -0.25) is 9.59 Å². The minimum atomic E-state index is -0.602. The van der Waals surface area contributed by atoms with Crippen LogP contribution in [0.4, 0.5) is 4.39 Å². The molecule has 1 aromatic carbocycles. The molecule has 1 aromatic rings. The van der Waals surface area contributed by atoms with Crippen molar-refractivity contribution in [3.63, 3.8) is 0 Å². The van der Waals surface area contributed by atoms with Gasteiger partial charge in [-0.15, -0.1) is 0 Å². The van der Waals surface area contributed by atoms with Crippen molar-refractivity contribution in [2.24, 2.45) is 23.2 Å². The highest BCUT2D eigenvalue weighted by Gasteiger charge is 2.57. The summed E-state index contributed by atoms with van der Waals surface area (Å²) in [5, 5.41) is 0. The van der Waals surface area contributed by atoms with Gasteiger partial charge in [-0.1, -0.05) is 18.2 Å². The van der Waals surface area contributed by atoms with Gasteiger partial charge in [0.05, 0.1) is 5.41 Å². The first-order chi connectivity index (χ1) is 15.8. The predicted molar refractivity (Wildman–Crippen MR) is 119 cm³/mol. The molecule has 1 atom stereocenters. The van der Waals surface area contributed by atoms with Gasteiger partial charge < -0.3 is 14.5 Å². The van der Waals surface area contributed by atoms with E-state index in [4.69, 9.17) is 4.74 Å². The maximum Gasteiger partial charge on any atom is 0.329 e. The lowest BCUT2D eigenvalue weighted by molar-refractivity contribution is -0.166. The summed E-state index contributed by atoms with van der Waals surface area (Å²) in [6.07, 6.45) is 8.05. The molecule has 4 aliphatic carbocycles. The van der Waals surface area contributed by atoms with Crippen LogP contribution in [0.15, 0.2) is 24.3 Å². The zero-order valence-electron chi connectivity index (χ0n) is 19.3. The second-order valence-electron chi connectivity index (χ2n) is 10.8. The molecule has 5 fully saturated rings. The maximum atomic E-state index is 13.9. The van der Waals surface area contributed by atoms with E-state index in [0.717, 1.165) is 25.7 Å². The Labute approximate surface area is 194 Å². The largest absolute Gasteiger partial charge is 0.454 e. The summed E-state index contributed by atoms with van der Waals surface area (Å²) in [5.74, 6) is 0.854. The molecule has 6 nitrogen and oxygen atoms in total. The Hall–Kier alpha value is -2.44. The van der Waals surface area contributed by atoms with E-state index < -0.39 is 24.5 Å². The Morgan fingerprint density at radius 2 is 1.73 bits per heavy atom. The molecule has 5 aliphatic rings. The van der Waals surface area contributed by atoms with E-state index in [1.807, 2.05) is 0 Å². The monoisotopic (exact) mass is 456 g/mol. The Kier molecular flexibility index (Phi) is 5.91. The number of carbonyl (C=O) groups excluding carboxylic acids is 3. The van der Waals surface area contributed by atoms with Crippen LogP contribution in [0.25, 0.3) is 0 Å². The summed E-state index contributed by atoms with van der Waals surface area (Å²) in [6.45, 7) is 0.282. The van der Waals surface area contributed by atoms with Gasteiger partial charge in [-0.05, 0) is 75.2 Å². The first kappa shape index (κ1) is 22.4. The first-order valence-electron chi connectivity index (χ1n) is 12.3. The van der Waals surface area contributed by atoms with Crippen molar-refractivity contribution in [3.8, 4) is 0 Å². The number of nitrogens with zero attached hydrogens (tertiary/aromatic N) is 2. The summed E-state index contributed by atoms with van der Waals surface area (Å²) >= 11 is 0. The van der Waals surface area contributed by atoms with E-state index in [9.17, 15) is 18.8 Å². The fourth-order valence-electron chi connectivity index (χ4n) is 7.24. The molecular weight excluding hydrogens is 423 g/mol. The molecule has 1 heterocycles. The maximum absolute atomic E-state index is 13.9. The molecule has 0 N–H and O–H groups in total. The second kappa shape index (κ2) is 8.73. The normalized spacial score (nSPS) is 32.1. The van der Waals surface area contributed by atoms with Gasteiger partial charge in [0.2, 0.25) is 5.91 Å². The number of esters is 1. The molecule has 1 saturated heterocycles. The Morgan fingerprint density at radius 1 is 1.09 bits per heavy atom. The molecule has 0 spiro atoms. The summed E-state index contributed by atoms with van der Waals surface area (Å²) in [7, 11) is 1.56. The number of ether oxygens (including phenoxy) is 1. The van der Waals surface area contributed by atoms with Gasteiger partial charge >= 0.3 is 5.97 Å². The molecular formula is C26H33FN2O4. The SMILES string of the molecule is CN(Cc1ccccc1F)C(=O)COC(=O)C1CCCN1C(=O)C12CC3CC(CC(C3)C1)C2. The number of carbonyl (C=O) groups is 3. The third kappa shape index (κ3) is 4.26. The molecule has 33 heavy (non-hydrogen) atoms. The predicted octanol–water partition coefficient (Wildman–Crippen LogP) is 3.53. The number of halogens is 1. The topological polar surface area (TPSA) is 66.9 Å². The van der Waals surface area contributed by atoms with Crippen molar-refractivity contribution < 1.29 is 23.5 Å². The Bertz CT molecular complexity index is 913. The minimum absolute atomic E-state index is 0.100. The van der Waals surface area contributed by atoms with Crippen molar-refractivity contribution in [3.05, 3.63) is 35.6 Å². The molecule has 1 unspecified atom stereocenters. The molecule has 6 rings (SSSR count). The van der Waals surface area contributed by atoms with Crippen molar-refractivity contribution in [2.75, 3.05) is 20.2 Å². The quantitative estimate of drug-likeness (QED) is 0.614. The molecule has 0 radical (unpaired) electrons. The highest BCUT2D eigenvalue weighted by molar-refractivity contribution is 5.90. The number of benzene rings is 1. The number of likely N-dealkylation sites (N-methyl/N-ethyl adjacent to an activating group) is 1. The Balaban J connectivity index is 1.18. The van der Waals surface area contributed by atoms with Gasteiger partial charge in [0.15, 0.2) is 6.61 Å². The fourth-order valence-corrected chi connectivity index (χ4v) is 7.24. The minimum Gasteiger partial charge on any atom is -0.454 e. The number of likely N-dealkylation sites (tertiary alicyclic amines) is 1. The van der Waals surface area contributed by atoms with E-state index in [-0.39, 0.29) is 23.7 Å². The molecule has 4 bridgehead atoms. The molecule has 2 amide bonds. The lowest BCUT2D eigenvalue weighted by Crippen LogP contribution is -2.56. The van der Waals surface area contributed by atoms with Crippen LogP contribution in [-0.4, -0.2) is 53.8 Å². The van der Waals surface area contributed by atoms with E-state index in [2.05, 4.69) is 0 Å².